The Morgan fingerprint density at radius 1 is 1.64 bits per heavy atom. The van der Waals surface area contributed by atoms with E-state index in [0.29, 0.717) is 18.7 Å². The first-order valence-corrected chi connectivity index (χ1v) is 5.69. The minimum absolute atomic E-state index is 0.234. The van der Waals surface area contributed by atoms with Crippen LogP contribution in [-0.2, 0) is 0 Å². The van der Waals surface area contributed by atoms with E-state index >= 15 is 0 Å². The minimum Gasteiger partial charge on any atom is -0.336 e. The van der Waals surface area contributed by atoms with Gasteiger partial charge in [-0.15, -0.1) is 11.3 Å². The number of hydrogen-bond acceptors (Lipinski definition) is 3. The van der Waals surface area contributed by atoms with E-state index in [9.17, 15) is 9.59 Å². The molecule has 3 amide bonds. The van der Waals surface area contributed by atoms with Crippen molar-refractivity contribution < 1.29 is 9.59 Å². The van der Waals surface area contributed by atoms with Crippen LogP contribution in [-0.4, -0.2) is 29.9 Å². The van der Waals surface area contributed by atoms with Crippen LogP contribution < -0.4 is 5.32 Å². The van der Waals surface area contributed by atoms with Crippen molar-refractivity contribution in [2.45, 2.75) is 0 Å². The maximum atomic E-state index is 11.7. The molecule has 74 valence electrons. The number of imide groups is 1. The summed E-state index contributed by atoms with van der Waals surface area (Å²) >= 11 is 4.70. The third-order valence-electron chi connectivity index (χ3n) is 1.92. The van der Waals surface area contributed by atoms with Gasteiger partial charge in [0.25, 0.3) is 5.91 Å². The average molecular weight is 275 g/mol. The molecule has 1 aromatic heterocycles. The molecule has 0 saturated carbocycles. The zero-order valence-electron chi connectivity index (χ0n) is 7.12. The fourth-order valence-corrected chi connectivity index (χ4v) is 2.37. The summed E-state index contributed by atoms with van der Waals surface area (Å²) < 4.78 is 0.889. The third-order valence-corrected chi connectivity index (χ3v) is 3.42. The maximum absolute atomic E-state index is 11.7. The molecule has 1 N–H and O–H groups in total. The van der Waals surface area contributed by atoms with Crippen molar-refractivity contribution in [3.8, 4) is 0 Å². The molecule has 0 spiro atoms. The van der Waals surface area contributed by atoms with Gasteiger partial charge in [0.15, 0.2) is 0 Å². The number of carbonyl (C=O) groups is 2. The lowest BCUT2D eigenvalue weighted by atomic mass is 10.3. The summed E-state index contributed by atoms with van der Waals surface area (Å²) in [7, 11) is 0. The van der Waals surface area contributed by atoms with Crippen molar-refractivity contribution in [1.82, 2.24) is 10.2 Å². The first-order chi connectivity index (χ1) is 6.68. The van der Waals surface area contributed by atoms with Crippen LogP contribution in [0.4, 0.5) is 4.79 Å². The Balaban J connectivity index is 2.19. The van der Waals surface area contributed by atoms with Gasteiger partial charge in [-0.05, 0) is 22.0 Å². The van der Waals surface area contributed by atoms with Gasteiger partial charge in [-0.1, -0.05) is 0 Å². The lowest BCUT2D eigenvalue weighted by molar-refractivity contribution is 0.0830. The Morgan fingerprint density at radius 2 is 2.43 bits per heavy atom. The van der Waals surface area contributed by atoms with Crippen LogP contribution in [0, 0.1) is 0 Å². The molecule has 1 aliphatic rings. The van der Waals surface area contributed by atoms with Crippen LogP contribution in [0.25, 0.3) is 0 Å². The second kappa shape index (κ2) is 3.70. The monoisotopic (exact) mass is 274 g/mol. The van der Waals surface area contributed by atoms with E-state index in [0.717, 1.165) is 3.79 Å². The number of amides is 3. The molecule has 0 unspecified atom stereocenters. The molecular formula is C8H7BrN2O2S. The van der Waals surface area contributed by atoms with Gasteiger partial charge in [0.1, 0.15) is 0 Å². The minimum atomic E-state index is -0.308. The van der Waals surface area contributed by atoms with Gasteiger partial charge >= 0.3 is 6.03 Å². The predicted octanol–water partition coefficient (Wildman–Crippen LogP) is 1.68. The van der Waals surface area contributed by atoms with Crippen molar-refractivity contribution in [3.05, 3.63) is 20.8 Å². The van der Waals surface area contributed by atoms with Crippen LogP contribution in [0.15, 0.2) is 15.2 Å². The predicted molar refractivity (Wildman–Crippen MR) is 56.5 cm³/mol. The van der Waals surface area contributed by atoms with E-state index in [4.69, 9.17) is 0 Å². The molecule has 0 bridgehead atoms. The topological polar surface area (TPSA) is 49.4 Å². The number of carbonyl (C=O) groups excluding carboxylic acids is 2. The number of rotatable bonds is 1. The number of nitrogens with zero attached hydrogens (tertiary/aromatic N) is 1. The molecule has 4 nitrogen and oxygen atoms in total. The van der Waals surface area contributed by atoms with E-state index in [1.165, 1.54) is 16.2 Å². The maximum Gasteiger partial charge on any atom is 0.324 e. The average Bonchev–Trinajstić information content (AvgIpc) is 2.73. The quantitative estimate of drug-likeness (QED) is 0.847. The second-order valence-corrected chi connectivity index (χ2v) is 5.12. The Morgan fingerprint density at radius 3 is 2.93 bits per heavy atom. The Kier molecular flexibility index (Phi) is 2.56. The summed E-state index contributed by atoms with van der Waals surface area (Å²) in [5, 5.41) is 4.32. The molecule has 0 aromatic carbocycles. The van der Waals surface area contributed by atoms with Crippen molar-refractivity contribution >= 4 is 39.2 Å². The summed E-state index contributed by atoms with van der Waals surface area (Å²) in [6, 6.07) is 1.41. The molecule has 1 saturated heterocycles. The van der Waals surface area contributed by atoms with Gasteiger partial charge in [-0.3, -0.25) is 9.69 Å². The van der Waals surface area contributed by atoms with Gasteiger partial charge in [-0.25, -0.2) is 4.79 Å². The first kappa shape index (κ1) is 9.67. The van der Waals surface area contributed by atoms with E-state index in [2.05, 4.69) is 21.2 Å². The number of halogens is 1. The molecule has 0 radical (unpaired) electrons. The number of hydrogen-bond donors (Lipinski definition) is 1. The SMILES string of the molecule is O=C1NCCN1C(=O)c1csc(Br)c1. The Bertz CT molecular complexity index is 390. The third kappa shape index (κ3) is 1.67. The fraction of sp³-hybridized carbons (Fsp3) is 0.250. The van der Waals surface area contributed by atoms with Crippen molar-refractivity contribution in [1.29, 1.82) is 0 Å². The van der Waals surface area contributed by atoms with Crippen LogP contribution in [0.3, 0.4) is 0 Å². The van der Waals surface area contributed by atoms with Crippen molar-refractivity contribution in [2.24, 2.45) is 0 Å². The van der Waals surface area contributed by atoms with E-state index in [1.54, 1.807) is 11.4 Å². The van der Waals surface area contributed by atoms with E-state index in [-0.39, 0.29) is 11.9 Å². The summed E-state index contributed by atoms with van der Waals surface area (Å²) in [6.07, 6.45) is 0. The molecule has 1 fully saturated rings. The molecule has 0 atom stereocenters. The largest absolute Gasteiger partial charge is 0.336 e. The van der Waals surface area contributed by atoms with Crippen LogP contribution in [0.2, 0.25) is 0 Å². The number of nitrogens with one attached hydrogen (secondary N) is 1. The number of urea groups is 1. The lowest BCUT2D eigenvalue weighted by Crippen LogP contribution is -2.33. The van der Waals surface area contributed by atoms with E-state index < -0.39 is 0 Å². The molecule has 2 rings (SSSR count). The zero-order chi connectivity index (χ0) is 10.1. The van der Waals surface area contributed by atoms with Crippen LogP contribution in [0.1, 0.15) is 10.4 Å². The Hall–Kier alpha value is -0.880. The highest BCUT2D eigenvalue weighted by molar-refractivity contribution is 9.11. The molecule has 0 aliphatic carbocycles. The van der Waals surface area contributed by atoms with Gasteiger partial charge in [-0.2, -0.15) is 0 Å². The Labute approximate surface area is 93.0 Å². The molecule has 1 aromatic rings. The van der Waals surface area contributed by atoms with Gasteiger partial charge in [0.2, 0.25) is 0 Å². The van der Waals surface area contributed by atoms with Crippen molar-refractivity contribution in [3.63, 3.8) is 0 Å². The normalized spacial score (nSPS) is 15.8. The summed E-state index contributed by atoms with van der Waals surface area (Å²) in [5.74, 6) is -0.234. The highest BCUT2D eigenvalue weighted by Crippen LogP contribution is 2.22. The van der Waals surface area contributed by atoms with Gasteiger partial charge < -0.3 is 5.32 Å². The van der Waals surface area contributed by atoms with Crippen LogP contribution >= 0.6 is 27.3 Å². The van der Waals surface area contributed by atoms with Crippen LogP contribution in [0.5, 0.6) is 0 Å². The van der Waals surface area contributed by atoms with Gasteiger partial charge in [0.05, 0.1) is 9.35 Å². The van der Waals surface area contributed by atoms with E-state index in [1.807, 2.05) is 0 Å². The standard InChI is InChI=1S/C8H7BrN2O2S/c9-6-3-5(4-14-6)7(12)11-2-1-10-8(11)13/h3-4H,1-2H2,(H,10,13). The molecule has 14 heavy (non-hydrogen) atoms. The number of thiophene rings is 1. The summed E-state index contributed by atoms with van der Waals surface area (Å²) in [6.45, 7) is 0.987. The van der Waals surface area contributed by atoms with Crippen molar-refractivity contribution in [2.75, 3.05) is 13.1 Å². The molecule has 2 heterocycles. The highest BCUT2D eigenvalue weighted by atomic mass is 79.9. The zero-order valence-corrected chi connectivity index (χ0v) is 9.52. The highest BCUT2D eigenvalue weighted by Gasteiger charge is 2.27. The first-order valence-electron chi connectivity index (χ1n) is 4.02. The molecule has 6 heteroatoms. The van der Waals surface area contributed by atoms with Gasteiger partial charge in [0, 0.05) is 18.5 Å². The lowest BCUT2D eigenvalue weighted by Gasteiger charge is -2.09. The smallest absolute Gasteiger partial charge is 0.324 e. The summed E-state index contributed by atoms with van der Waals surface area (Å²) in [4.78, 5) is 24.1. The second-order valence-electron chi connectivity index (χ2n) is 2.83. The molecular weight excluding hydrogens is 268 g/mol. The summed E-state index contributed by atoms with van der Waals surface area (Å²) in [5.41, 5.74) is 0.555. The molecule has 1 aliphatic heterocycles. The fourth-order valence-electron chi connectivity index (χ4n) is 1.24.